The highest BCUT2D eigenvalue weighted by Crippen LogP contribution is 2.28. The number of hydrogen-bond donors (Lipinski definition) is 0. The number of benzene rings is 2. The van der Waals surface area contributed by atoms with Gasteiger partial charge in [-0.25, -0.2) is 8.78 Å². The van der Waals surface area contributed by atoms with E-state index in [4.69, 9.17) is 0 Å². The van der Waals surface area contributed by atoms with Crippen LogP contribution in [0.3, 0.4) is 0 Å². The topological polar surface area (TPSA) is 17.8 Å². The first-order valence-electron chi connectivity index (χ1n) is 6.80. The molecule has 5 heteroatoms. The van der Waals surface area contributed by atoms with Crippen LogP contribution < -0.4 is 0 Å². The molecular formula is C17H13BrF2N2. The van der Waals surface area contributed by atoms with E-state index in [2.05, 4.69) is 21.0 Å². The summed E-state index contributed by atoms with van der Waals surface area (Å²) >= 11 is 3.18. The molecular weight excluding hydrogens is 350 g/mol. The molecule has 0 spiro atoms. The molecule has 3 rings (SSSR count). The Kier molecular flexibility index (Phi) is 4.07. The highest BCUT2D eigenvalue weighted by Gasteiger charge is 2.13. The van der Waals surface area contributed by atoms with Gasteiger partial charge < -0.3 is 0 Å². The Balaban J connectivity index is 1.93. The first-order valence-corrected chi connectivity index (χ1v) is 7.59. The van der Waals surface area contributed by atoms with Crippen molar-refractivity contribution in [1.29, 1.82) is 0 Å². The van der Waals surface area contributed by atoms with Gasteiger partial charge in [-0.15, -0.1) is 0 Å². The fraction of sp³-hybridized carbons (Fsp3) is 0.118. The van der Waals surface area contributed by atoms with Gasteiger partial charge in [0.05, 0.1) is 16.7 Å². The van der Waals surface area contributed by atoms with Crippen molar-refractivity contribution in [3.05, 3.63) is 76.5 Å². The van der Waals surface area contributed by atoms with Crippen molar-refractivity contribution < 1.29 is 8.78 Å². The molecule has 1 atom stereocenters. The first-order chi connectivity index (χ1) is 10.6. The summed E-state index contributed by atoms with van der Waals surface area (Å²) in [6.07, 6.45) is 3.42. The molecule has 0 aliphatic carbocycles. The molecule has 112 valence electrons. The van der Waals surface area contributed by atoms with E-state index in [-0.39, 0.29) is 17.7 Å². The van der Waals surface area contributed by atoms with Gasteiger partial charge in [0.2, 0.25) is 0 Å². The van der Waals surface area contributed by atoms with Gasteiger partial charge in [0.1, 0.15) is 11.6 Å². The summed E-state index contributed by atoms with van der Waals surface area (Å²) in [5.74, 6) is -0.579. The molecule has 2 aromatic carbocycles. The Hall–Kier alpha value is -2.01. The molecule has 1 heterocycles. The molecule has 0 aliphatic rings. The molecule has 22 heavy (non-hydrogen) atoms. The Morgan fingerprint density at radius 3 is 2.55 bits per heavy atom. The monoisotopic (exact) mass is 362 g/mol. The SMILES string of the molecule is C[C@H](c1ccc(F)cc1)n1cc(-c2cccc(Br)c2F)cn1. The van der Waals surface area contributed by atoms with Crippen molar-refractivity contribution in [1.82, 2.24) is 9.78 Å². The molecule has 0 radical (unpaired) electrons. The van der Waals surface area contributed by atoms with Crippen LogP contribution in [0.5, 0.6) is 0 Å². The minimum absolute atomic E-state index is 0.0652. The number of hydrogen-bond acceptors (Lipinski definition) is 1. The van der Waals surface area contributed by atoms with E-state index in [1.54, 1.807) is 47.4 Å². The molecule has 0 unspecified atom stereocenters. The van der Waals surface area contributed by atoms with E-state index < -0.39 is 0 Å². The van der Waals surface area contributed by atoms with Crippen LogP contribution in [0.1, 0.15) is 18.5 Å². The van der Waals surface area contributed by atoms with E-state index in [0.717, 1.165) is 5.56 Å². The second-order valence-corrected chi connectivity index (χ2v) is 5.89. The van der Waals surface area contributed by atoms with E-state index >= 15 is 0 Å². The summed E-state index contributed by atoms with van der Waals surface area (Å²) in [5.41, 5.74) is 2.13. The fourth-order valence-corrected chi connectivity index (χ4v) is 2.68. The summed E-state index contributed by atoms with van der Waals surface area (Å²) in [6.45, 7) is 1.96. The quantitative estimate of drug-likeness (QED) is 0.626. The lowest BCUT2D eigenvalue weighted by molar-refractivity contribution is 0.561. The van der Waals surface area contributed by atoms with Crippen LogP contribution in [0.4, 0.5) is 8.78 Å². The molecule has 0 aliphatic heterocycles. The molecule has 0 amide bonds. The lowest BCUT2D eigenvalue weighted by Gasteiger charge is -2.12. The zero-order valence-corrected chi connectivity index (χ0v) is 13.4. The van der Waals surface area contributed by atoms with Gasteiger partial charge in [0, 0.05) is 17.3 Å². The predicted octanol–water partition coefficient (Wildman–Crippen LogP) is 5.20. The Morgan fingerprint density at radius 2 is 1.82 bits per heavy atom. The molecule has 0 saturated heterocycles. The van der Waals surface area contributed by atoms with Crippen molar-refractivity contribution in [2.45, 2.75) is 13.0 Å². The van der Waals surface area contributed by atoms with Gasteiger partial charge in [-0.1, -0.05) is 24.3 Å². The molecule has 0 bridgehead atoms. The van der Waals surface area contributed by atoms with Gasteiger partial charge in [-0.2, -0.15) is 5.10 Å². The van der Waals surface area contributed by atoms with E-state index in [1.165, 1.54) is 12.1 Å². The van der Waals surface area contributed by atoms with Gasteiger partial charge in [0.15, 0.2) is 0 Å². The largest absolute Gasteiger partial charge is 0.265 e. The normalized spacial score (nSPS) is 12.4. The third kappa shape index (κ3) is 2.81. The van der Waals surface area contributed by atoms with Crippen LogP contribution >= 0.6 is 15.9 Å². The van der Waals surface area contributed by atoms with E-state index in [1.807, 2.05) is 6.92 Å². The Bertz CT molecular complexity index is 797. The zero-order valence-electron chi connectivity index (χ0n) is 11.8. The van der Waals surface area contributed by atoms with Crippen LogP contribution in [0.25, 0.3) is 11.1 Å². The standard InChI is InChI=1S/C17H13BrF2N2/c1-11(12-5-7-14(19)8-6-12)22-10-13(9-21-22)15-3-2-4-16(18)17(15)20/h2-11H,1H3/t11-/m1/s1. The molecule has 3 aromatic rings. The highest BCUT2D eigenvalue weighted by molar-refractivity contribution is 9.10. The zero-order chi connectivity index (χ0) is 15.7. The van der Waals surface area contributed by atoms with Crippen molar-refractivity contribution in [2.24, 2.45) is 0 Å². The van der Waals surface area contributed by atoms with E-state index in [9.17, 15) is 8.78 Å². The summed E-state index contributed by atoms with van der Waals surface area (Å²) in [6, 6.07) is 11.4. The van der Waals surface area contributed by atoms with Crippen LogP contribution in [0.15, 0.2) is 59.3 Å². The number of nitrogens with zero attached hydrogens (tertiary/aromatic N) is 2. The number of rotatable bonds is 3. The van der Waals surface area contributed by atoms with Crippen LogP contribution in [-0.4, -0.2) is 9.78 Å². The summed E-state index contributed by atoms with van der Waals surface area (Å²) in [5, 5.41) is 4.30. The van der Waals surface area contributed by atoms with Gasteiger partial charge in [-0.05, 0) is 46.6 Å². The van der Waals surface area contributed by atoms with Crippen molar-refractivity contribution in [3.8, 4) is 11.1 Å². The van der Waals surface area contributed by atoms with Crippen LogP contribution in [0, 0.1) is 11.6 Å². The minimum atomic E-state index is -0.309. The molecule has 0 fully saturated rings. The van der Waals surface area contributed by atoms with Crippen molar-refractivity contribution in [3.63, 3.8) is 0 Å². The first kappa shape index (κ1) is 14.9. The average molecular weight is 363 g/mol. The molecule has 0 N–H and O–H groups in total. The Morgan fingerprint density at radius 1 is 1.09 bits per heavy atom. The van der Waals surface area contributed by atoms with E-state index in [0.29, 0.717) is 15.6 Å². The van der Waals surface area contributed by atoms with Crippen molar-refractivity contribution >= 4 is 15.9 Å². The second-order valence-electron chi connectivity index (χ2n) is 5.04. The van der Waals surface area contributed by atoms with Gasteiger partial charge in [-0.3, -0.25) is 4.68 Å². The Labute approximate surface area is 135 Å². The third-order valence-electron chi connectivity index (χ3n) is 3.61. The average Bonchev–Trinajstić information content (AvgIpc) is 3.00. The van der Waals surface area contributed by atoms with Crippen molar-refractivity contribution in [2.75, 3.05) is 0 Å². The minimum Gasteiger partial charge on any atom is -0.265 e. The number of aromatic nitrogens is 2. The van der Waals surface area contributed by atoms with Crippen LogP contribution in [-0.2, 0) is 0 Å². The molecule has 0 saturated carbocycles. The summed E-state index contributed by atoms with van der Waals surface area (Å²) in [7, 11) is 0. The fourth-order valence-electron chi connectivity index (χ4n) is 2.31. The lowest BCUT2D eigenvalue weighted by Crippen LogP contribution is -2.06. The van der Waals surface area contributed by atoms with Gasteiger partial charge >= 0.3 is 0 Å². The molecule has 2 nitrogen and oxygen atoms in total. The highest BCUT2D eigenvalue weighted by atomic mass is 79.9. The predicted molar refractivity (Wildman–Crippen MR) is 85.5 cm³/mol. The maximum atomic E-state index is 14.1. The van der Waals surface area contributed by atoms with Crippen LogP contribution in [0.2, 0.25) is 0 Å². The lowest BCUT2D eigenvalue weighted by atomic mass is 10.1. The smallest absolute Gasteiger partial charge is 0.145 e. The summed E-state index contributed by atoms with van der Waals surface area (Å²) in [4.78, 5) is 0. The molecule has 1 aromatic heterocycles. The summed E-state index contributed by atoms with van der Waals surface area (Å²) < 4.78 is 29.3. The maximum Gasteiger partial charge on any atom is 0.145 e. The maximum absolute atomic E-state index is 14.1. The van der Waals surface area contributed by atoms with Gasteiger partial charge in [0.25, 0.3) is 0 Å². The third-order valence-corrected chi connectivity index (χ3v) is 4.23. The number of halogens is 3. The second kappa shape index (κ2) is 6.01.